The van der Waals surface area contributed by atoms with Crippen molar-refractivity contribution < 1.29 is 26.7 Å². The fourth-order valence-corrected chi connectivity index (χ4v) is 4.08. The first kappa shape index (κ1) is 21.9. The summed E-state index contributed by atoms with van der Waals surface area (Å²) in [5, 5.41) is 17.2. The SMILES string of the molecule is Nc1nc(Nc2cc(Cl)c(-c3ccc(S(=O)(=O)CCO)cc3)c(C(F)(F)F)c2)n[nH]1. The van der Waals surface area contributed by atoms with Crippen molar-refractivity contribution in [2.24, 2.45) is 0 Å². The smallest absolute Gasteiger partial charge is 0.395 e. The molecule has 1 aromatic heterocycles. The minimum absolute atomic E-state index is 0.0165. The third-order valence-electron chi connectivity index (χ3n) is 4.02. The number of H-pyrrole nitrogens is 1. The molecule has 0 spiro atoms. The van der Waals surface area contributed by atoms with Gasteiger partial charge in [0, 0.05) is 11.3 Å². The quantitative estimate of drug-likeness (QED) is 0.442. The van der Waals surface area contributed by atoms with E-state index < -0.39 is 33.9 Å². The van der Waals surface area contributed by atoms with Gasteiger partial charge in [-0.25, -0.2) is 13.5 Å². The number of nitrogens with zero attached hydrogens (tertiary/aromatic N) is 2. The minimum atomic E-state index is -4.75. The minimum Gasteiger partial charge on any atom is -0.395 e. The molecule has 0 aliphatic carbocycles. The van der Waals surface area contributed by atoms with Crippen LogP contribution >= 0.6 is 11.6 Å². The van der Waals surface area contributed by atoms with Gasteiger partial charge in [0.25, 0.3) is 0 Å². The molecular weight excluding hydrogens is 447 g/mol. The number of hydrogen-bond acceptors (Lipinski definition) is 7. The van der Waals surface area contributed by atoms with E-state index in [1.54, 1.807) is 0 Å². The Labute approximate surface area is 173 Å². The number of nitrogens with one attached hydrogen (secondary N) is 2. The molecule has 3 aromatic rings. The van der Waals surface area contributed by atoms with Gasteiger partial charge in [-0.15, -0.1) is 5.10 Å². The Kier molecular flexibility index (Phi) is 5.92. The summed E-state index contributed by atoms with van der Waals surface area (Å²) in [5.74, 6) is -0.553. The molecule has 8 nitrogen and oxygen atoms in total. The first-order valence-electron chi connectivity index (χ1n) is 8.31. The van der Waals surface area contributed by atoms with E-state index in [1.807, 2.05) is 0 Å². The normalized spacial score (nSPS) is 12.2. The first-order chi connectivity index (χ1) is 14.0. The molecular formula is C17H15ClF3N5O3S. The molecule has 13 heteroatoms. The van der Waals surface area contributed by atoms with Crippen molar-refractivity contribution in [3.05, 3.63) is 47.0 Å². The number of aromatic amines is 1. The number of sulfone groups is 1. The van der Waals surface area contributed by atoms with Crippen molar-refractivity contribution in [2.45, 2.75) is 11.1 Å². The molecule has 30 heavy (non-hydrogen) atoms. The number of benzene rings is 2. The maximum absolute atomic E-state index is 13.7. The van der Waals surface area contributed by atoms with Crippen LogP contribution in [0.4, 0.5) is 30.8 Å². The number of hydrogen-bond donors (Lipinski definition) is 4. The molecule has 3 rings (SSSR count). The fourth-order valence-electron chi connectivity index (χ4n) is 2.72. The fraction of sp³-hybridized carbons (Fsp3) is 0.176. The van der Waals surface area contributed by atoms with Gasteiger partial charge >= 0.3 is 6.18 Å². The monoisotopic (exact) mass is 461 g/mol. The predicted molar refractivity (Wildman–Crippen MR) is 105 cm³/mol. The van der Waals surface area contributed by atoms with E-state index in [9.17, 15) is 21.6 Å². The van der Waals surface area contributed by atoms with Gasteiger partial charge in [-0.3, -0.25) is 0 Å². The highest BCUT2D eigenvalue weighted by Gasteiger charge is 2.35. The number of nitrogen functional groups attached to an aromatic ring is 1. The second-order valence-corrected chi connectivity index (χ2v) is 8.63. The summed E-state index contributed by atoms with van der Waals surface area (Å²) in [6.45, 7) is -0.570. The third-order valence-corrected chi connectivity index (χ3v) is 6.03. The van der Waals surface area contributed by atoms with Crippen LogP contribution in [0.3, 0.4) is 0 Å². The summed E-state index contributed by atoms with van der Waals surface area (Å²) in [6, 6.07) is 6.88. The molecule has 0 saturated carbocycles. The van der Waals surface area contributed by atoms with Gasteiger partial charge in [0.2, 0.25) is 11.9 Å². The van der Waals surface area contributed by atoms with Crippen molar-refractivity contribution in [3.8, 4) is 11.1 Å². The van der Waals surface area contributed by atoms with E-state index in [0.29, 0.717) is 0 Å². The Balaban J connectivity index is 2.05. The van der Waals surface area contributed by atoms with Crippen molar-refractivity contribution in [3.63, 3.8) is 0 Å². The molecule has 0 atom stereocenters. The number of nitrogens with two attached hydrogens (primary N) is 1. The van der Waals surface area contributed by atoms with Crippen molar-refractivity contribution >= 4 is 39.0 Å². The van der Waals surface area contributed by atoms with Gasteiger partial charge < -0.3 is 16.2 Å². The van der Waals surface area contributed by atoms with Crippen LogP contribution in [0.2, 0.25) is 5.02 Å². The molecule has 5 N–H and O–H groups in total. The lowest BCUT2D eigenvalue weighted by Gasteiger charge is -2.17. The van der Waals surface area contributed by atoms with Crippen LogP contribution in [0.15, 0.2) is 41.3 Å². The second-order valence-electron chi connectivity index (χ2n) is 6.11. The molecule has 160 valence electrons. The summed E-state index contributed by atoms with van der Waals surface area (Å²) in [7, 11) is -3.74. The Morgan fingerprint density at radius 2 is 1.87 bits per heavy atom. The van der Waals surface area contributed by atoms with Gasteiger partial charge in [-0.1, -0.05) is 23.7 Å². The van der Waals surface area contributed by atoms with E-state index in [-0.39, 0.29) is 38.6 Å². The number of aliphatic hydroxyl groups is 1. The summed E-state index contributed by atoms with van der Waals surface area (Å²) in [5.41, 5.74) is 4.10. The lowest BCUT2D eigenvalue weighted by Crippen LogP contribution is -2.10. The maximum atomic E-state index is 13.7. The van der Waals surface area contributed by atoms with Gasteiger partial charge in [-0.2, -0.15) is 18.2 Å². The van der Waals surface area contributed by atoms with Crippen LogP contribution in [-0.4, -0.2) is 41.1 Å². The Bertz CT molecular complexity index is 1160. The van der Waals surface area contributed by atoms with Crippen molar-refractivity contribution in [1.29, 1.82) is 0 Å². The number of alkyl halides is 3. The highest BCUT2D eigenvalue weighted by atomic mass is 35.5. The molecule has 0 unspecified atom stereocenters. The molecule has 2 aromatic carbocycles. The van der Waals surface area contributed by atoms with Crippen LogP contribution < -0.4 is 11.1 Å². The van der Waals surface area contributed by atoms with E-state index in [0.717, 1.165) is 6.07 Å². The zero-order valence-electron chi connectivity index (χ0n) is 15.0. The standard InChI is InChI=1S/C17H15ClF3N5O3S/c18-13-8-10(23-16-24-15(22)25-26-16)7-12(17(19,20)21)14(13)9-1-3-11(4-2-9)30(28,29)6-5-27/h1-4,7-8,27H,5-6H2,(H4,22,23,24,25,26). The second kappa shape index (κ2) is 8.13. The number of aromatic nitrogens is 3. The molecule has 1 heterocycles. The summed E-state index contributed by atoms with van der Waals surface area (Å²) < 4.78 is 65.2. The Hall–Kier alpha value is -2.83. The predicted octanol–water partition coefficient (Wildman–Crippen LogP) is 3.24. The average Bonchev–Trinajstić information content (AvgIpc) is 3.05. The molecule has 0 amide bonds. The van der Waals surface area contributed by atoms with Crippen molar-refractivity contribution in [1.82, 2.24) is 15.2 Å². The molecule has 0 aliphatic rings. The van der Waals surface area contributed by atoms with Gasteiger partial charge in [0.05, 0.1) is 27.8 Å². The molecule has 0 bridgehead atoms. The molecule has 0 fully saturated rings. The van der Waals surface area contributed by atoms with Crippen LogP contribution in [0.25, 0.3) is 11.1 Å². The first-order valence-corrected chi connectivity index (χ1v) is 10.3. The highest BCUT2D eigenvalue weighted by molar-refractivity contribution is 7.91. The van der Waals surface area contributed by atoms with E-state index in [2.05, 4.69) is 20.5 Å². The Morgan fingerprint density at radius 1 is 1.20 bits per heavy atom. The number of aliphatic hydroxyl groups excluding tert-OH is 1. The van der Waals surface area contributed by atoms with Crippen LogP contribution in [0, 0.1) is 0 Å². The van der Waals surface area contributed by atoms with Crippen LogP contribution in [0.1, 0.15) is 5.56 Å². The van der Waals surface area contributed by atoms with Crippen molar-refractivity contribution in [2.75, 3.05) is 23.4 Å². The van der Waals surface area contributed by atoms with Gasteiger partial charge in [0.1, 0.15) is 0 Å². The van der Waals surface area contributed by atoms with E-state index in [1.165, 1.54) is 30.3 Å². The summed E-state index contributed by atoms with van der Waals surface area (Å²) in [4.78, 5) is 3.64. The molecule has 0 aliphatic heterocycles. The van der Waals surface area contributed by atoms with E-state index >= 15 is 0 Å². The largest absolute Gasteiger partial charge is 0.417 e. The average molecular weight is 462 g/mol. The van der Waals surface area contributed by atoms with E-state index in [4.69, 9.17) is 22.4 Å². The third kappa shape index (κ3) is 4.66. The zero-order valence-corrected chi connectivity index (χ0v) is 16.6. The lowest BCUT2D eigenvalue weighted by molar-refractivity contribution is -0.137. The van der Waals surface area contributed by atoms with Crippen LogP contribution in [-0.2, 0) is 16.0 Å². The summed E-state index contributed by atoms with van der Waals surface area (Å²) in [6.07, 6.45) is -4.75. The molecule has 0 saturated heterocycles. The highest BCUT2D eigenvalue weighted by Crippen LogP contribution is 2.43. The number of rotatable bonds is 6. The molecule has 0 radical (unpaired) electrons. The number of anilines is 3. The van der Waals surface area contributed by atoms with Gasteiger partial charge in [-0.05, 0) is 29.8 Å². The van der Waals surface area contributed by atoms with Gasteiger partial charge in [0.15, 0.2) is 9.84 Å². The Morgan fingerprint density at radius 3 is 2.40 bits per heavy atom. The maximum Gasteiger partial charge on any atom is 0.417 e. The van der Waals surface area contributed by atoms with Crippen LogP contribution in [0.5, 0.6) is 0 Å². The zero-order chi connectivity index (χ0) is 22.1. The summed E-state index contributed by atoms with van der Waals surface area (Å²) >= 11 is 6.16. The number of halogens is 4. The lowest BCUT2D eigenvalue weighted by atomic mass is 9.98. The topological polar surface area (TPSA) is 134 Å².